The second kappa shape index (κ2) is 8.43. The Morgan fingerprint density at radius 1 is 0.880 bits per heavy atom. The monoisotopic (exact) mass is 373 g/mol. The predicted molar refractivity (Wildman–Crippen MR) is 108 cm³/mol. The van der Waals surface area contributed by atoms with Crippen LogP contribution >= 0.6 is 24.8 Å². The maximum absolute atomic E-state index is 4.94. The second-order valence-electron chi connectivity index (χ2n) is 5.93. The van der Waals surface area contributed by atoms with Crippen molar-refractivity contribution >= 4 is 24.8 Å². The van der Waals surface area contributed by atoms with E-state index in [-0.39, 0.29) is 24.8 Å². The van der Waals surface area contributed by atoms with Gasteiger partial charge in [-0.15, -0.1) is 24.8 Å². The molecule has 0 saturated carbocycles. The van der Waals surface area contributed by atoms with Crippen molar-refractivity contribution in [2.45, 2.75) is 19.9 Å². The van der Waals surface area contributed by atoms with Crippen molar-refractivity contribution in [1.82, 2.24) is 15.3 Å². The fourth-order valence-corrected chi connectivity index (χ4v) is 3.12. The van der Waals surface area contributed by atoms with Crippen molar-refractivity contribution in [3.8, 4) is 22.6 Å². The van der Waals surface area contributed by atoms with Crippen LogP contribution in [0.5, 0.6) is 0 Å². The van der Waals surface area contributed by atoms with Gasteiger partial charge >= 0.3 is 0 Å². The molecule has 1 aliphatic rings. The number of aromatic nitrogens is 2. The van der Waals surface area contributed by atoms with Crippen molar-refractivity contribution < 1.29 is 0 Å². The first kappa shape index (κ1) is 19.4. The minimum absolute atomic E-state index is 0. The molecule has 0 atom stereocenters. The van der Waals surface area contributed by atoms with E-state index in [2.05, 4.69) is 48.6 Å². The summed E-state index contributed by atoms with van der Waals surface area (Å²) in [6, 6.07) is 18.7. The Balaban J connectivity index is 0.00000113. The molecule has 2 aromatic carbocycles. The highest BCUT2D eigenvalue weighted by Gasteiger charge is 2.19. The van der Waals surface area contributed by atoms with Crippen LogP contribution in [0.4, 0.5) is 0 Å². The molecule has 3 aromatic rings. The summed E-state index contributed by atoms with van der Waals surface area (Å²) >= 11 is 0. The summed E-state index contributed by atoms with van der Waals surface area (Å²) in [5.41, 5.74) is 7.01. The number of nitrogens with one attached hydrogen (secondary N) is 1. The molecule has 3 nitrogen and oxygen atoms in total. The molecule has 0 amide bonds. The van der Waals surface area contributed by atoms with Gasteiger partial charge in [0.1, 0.15) is 0 Å². The van der Waals surface area contributed by atoms with Crippen molar-refractivity contribution in [1.29, 1.82) is 0 Å². The zero-order valence-electron chi connectivity index (χ0n) is 14.0. The van der Waals surface area contributed by atoms with E-state index in [1.54, 1.807) is 0 Å². The van der Waals surface area contributed by atoms with Gasteiger partial charge in [-0.2, -0.15) is 0 Å². The minimum Gasteiger partial charge on any atom is -0.312 e. The highest BCUT2D eigenvalue weighted by Crippen LogP contribution is 2.30. The van der Waals surface area contributed by atoms with Crippen LogP contribution in [0.15, 0.2) is 54.6 Å². The molecule has 25 heavy (non-hydrogen) atoms. The third-order valence-electron chi connectivity index (χ3n) is 4.37. The lowest BCUT2D eigenvalue weighted by molar-refractivity contribution is 0.628. The third-order valence-corrected chi connectivity index (χ3v) is 4.37. The Labute approximate surface area is 160 Å². The quantitative estimate of drug-likeness (QED) is 0.712. The van der Waals surface area contributed by atoms with E-state index in [4.69, 9.17) is 9.97 Å². The van der Waals surface area contributed by atoms with Crippen LogP contribution in [0.3, 0.4) is 0 Å². The molecule has 0 radical (unpaired) electrons. The first-order valence-corrected chi connectivity index (χ1v) is 8.05. The molecule has 1 aromatic heterocycles. The molecule has 4 rings (SSSR count). The number of hydrogen-bond acceptors (Lipinski definition) is 3. The zero-order chi connectivity index (χ0) is 15.6. The molecule has 1 aliphatic heterocycles. The van der Waals surface area contributed by atoms with Gasteiger partial charge in [-0.05, 0) is 12.5 Å². The topological polar surface area (TPSA) is 37.8 Å². The first-order valence-electron chi connectivity index (χ1n) is 8.05. The van der Waals surface area contributed by atoms with E-state index < -0.39 is 0 Å². The molecule has 0 spiro atoms. The summed E-state index contributed by atoms with van der Waals surface area (Å²) < 4.78 is 0. The van der Waals surface area contributed by atoms with Crippen LogP contribution in [0, 0.1) is 6.92 Å². The summed E-state index contributed by atoms with van der Waals surface area (Å²) in [4.78, 5) is 9.78. The number of halogens is 2. The van der Waals surface area contributed by atoms with Gasteiger partial charge in [0.15, 0.2) is 5.82 Å². The van der Waals surface area contributed by atoms with E-state index in [9.17, 15) is 0 Å². The van der Waals surface area contributed by atoms with Gasteiger partial charge in [0, 0.05) is 36.2 Å². The highest BCUT2D eigenvalue weighted by molar-refractivity contribution is 5.85. The summed E-state index contributed by atoms with van der Waals surface area (Å²) in [7, 11) is 0. The second-order valence-corrected chi connectivity index (χ2v) is 5.93. The van der Waals surface area contributed by atoms with E-state index >= 15 is 0 Å². The normalized spacial score (nSPS) is 12.5. The van der Waals surface area contributed by atoms with Crippen molar-refractivity contribution in [3.63, 3.8) is 0 Å². The van der Waals surface area contributed by atoms with Gasteiger partial charge in [0.05, 0.1) is 11.4 Å². The van der Waals surface area contributed by atoms with E-state index in [0.717, 1.165) is 36.6 Å². The maximum atomic E-state index is 4.94. The molecule has 0 saturated heterocycles. The summed E-state index contributed by atoms with van der Waals surface area (Å²) in [5, 5.41) is 3.45. The van der Waals surface area contributed by atoms with Crippen LogP contribution < -0.4 is 5.32 Å². The summed E-state index contributed by atoms with van der Waals surface area (Å²) in [5.74, 6) is 0.824. The zero-order valence-corrected chi connectivity index (χ0v) is 15.7. The van der Waals surface area contributed by atoms with Gasteiger partial charge in [0.2, 0.25) is 0 Å². The van der Waals surface area contributed by atoms with Crippen LogP contribution in [-0.4, -0.2) is 16.5 Å². The smallest absolute Gasteiger partial charge is 0.160 e. The Hall–Kier alpha value is -1.94. The Morgan fingerprint density at radius 2 is 1.60 bits per heavy atom. The summed E-state index contributed by atoms with van der Waals surface area (Å²) in [6.45, 7) is 3.96. The molecule has 5 heteroatoms. The van der Waals surface area contributed by atoms with E-state index in [1.165, 1.54) is 22.4 Å². The lowest BCUT2D eigenvalue weighted by atomic mass is 9.97. The number of fused-ring (bicyclic) bond motifs is 1. The molecule has 0 unspecified atom stereocenters. The van der Waals surface area contributed by atoms with Crippen LogP contribution in [-0.2, 0) is 13.0 Å². The number of rotatable bonds is 2. The molecule has 2 heterocycles. The highest BCUT2D eigenvalue weighted by atomic mass is 35.5. The number of nitrogens with zero attached hydrogens (tertiary/aromatic N) is 2. The lowest BCUT2D eigenvalue weighted by Gasteiger charge is -2.21. The molecule has 130 valence electrons. The van der Waals surface area contributed by atoms with E-state index in [1.807, 2.05) is 18.2 Å². The van der Waals surface area contributed by atoms with Crippen LogP contribution in [0.25, 0.3) is 22.6 Å². The molecular formula is C20H21Cl2N3. The maximum Gasteiger partial charge on any atom is 0.160 e. The molecule has 1 N–H and O–H groups in total. The average Bonchev–Trinajstić information content (AvgIpc) is 2.62. The molecule has 0 fully saturated rings. The van der Waals surface area contributed by atoms with Crippen molar-refractivity contribution in [2.75, 3.05) is 6.54 Å². The van der Waals surface area contributed by atoms with Crippen molar-refractivity contribution in [2.24, 2.45) is 0 Å². The van der Waals surface area contributed by atoms with Gasteiger partial charge in [-0.25, -0.2) is 9.97 Å². The van der Waals surface area contributed by atoms with Gasteiger partial charge in [-0.3, -0.25) is 0 Å². The number of aryl methyl sites for hydroxylation is 1. The van der Waals surface area contributed by atoms with Gasteiger partial charge in [-0.1, -0.05) is 54.6 Å². The van der Waals surface area contributed by atoms with Crippen molar-refractivity contribution in [3.05, 3.63) is 71.4 Å². The molecular weight excluding hydrogens is 353 g/mol. The van der Waals surface area contributed by atoms with E-state index in [0.29, 0.717) is 0 Å². The Kier molecular flexibility index (Phi) is 6.54. The largest absolute Gasteiger partial charge is 0.312 e. The van der Waals surface area contributed by atoms with Gasteiger partial charge in [0.25, 0.3) is 0 Å². The first-order chi connectivity index (χ1) is 11.3. The SMILES string of the molecule is Cc1ccccc1-c1nc(-c2ccccc2)nc2c1CNCC2.Cl.Cl. The Bertz CT molecular complexity index is 851. The summed E-state index contributed by atoms with van der Waals surface area (Å²) in [6.07, 6.45) is 0.955. The molecule has 0 bridgehead atoms. The fraction of sp³-hybridized carbons (Fsp3) is 0.200. The minimum atomic E-state index is 0. The van der Waals surface area contributed by atoms with Gasteiger partial charge < -0.3 is 5.32 Å². The van der Waals surface area contributed by atoms with Crippen LogP contribution in [0.1, 0.15) is 16.8 Å². The standard InChI is InChI=1S/C20H19N3.2ClH/c1-14-7-5-6-10-16(14)19-17-13-21-12-11-18(17)22-20(23-19)15-8-3-2-4-9-15;;/h2-10,21H,11-13H2,1H3;2*1H. The van der Waals surface area contributed by atoms with Crippen LogP contribution in [0.2, 0.25) is 0 Å². The lowest BCUT2D eigenvalue weighted by Crippen LogP contribution is -2.26. The Morgan fingerprint density at radius 3 is 2.36 bits per heavy atom. The fourth-order valence-electron chi connectivity index (χ4n) is 3.12. The predicted octanol–water partition coefficient (Wildman–Crippen LogP) is 4.61. The number of hydrogen-bond donors (Lipinski definition) is 1. The average molecular weight is 374 g/mol. The number of benzene rings is 2. The third kappa shape index (κ3) is 3.84. The molecule has 0 aliphatic carbocycles.